The molecule has 2 heterocycles. The molecule has 6 nitrogen and oxygen atoms in total. The first-order chi connectivity index (χ1) is 8.99. The summed E-state index contributed by atoms with van der Waals surface area (Å²) in [5.41, 5.74) is 5.37. The van der Waals surface area contributed by atoms with E-state index < -0.39 is 18.0 Å². The first-order valence-electron chi connectivity index (χ1n) is 5.98. The van der Waals surface area contributed by atoms with Gasteiger partial charge in [0.1, 0.15) is 5.70 Å². The van der Waals surface area contributed by atoms with Crippen molar-refractivity contribution in [2.24, 2.45) is 11.7 Å². The van der Waals surface area contributed by atoms with E-state index in [1.54, 1.807) is 18.4 Å². The van der Waals surface area contributed by atoms with Gasteiger partial charge >= 0.3 is 5.97 Å². The average molecular weight is 284 g/mol. The van der Waals surface area contributed by atoms with Crippen LogP contribution in [0.15, 0.2) is 22.1 Å². The number of fused-ring (bicyclic) bond motifs is 1. The molecule has 0 aliphatic carbocycles. The van der Waals surface area contributed by atoms with E-state index in [9.17, 15) is 19.8 Å². The molecule has 7 heteroatoms. The predicted molar refractivity (Wildman–Crippen MR) is 70.9 cm³/mol. The summed E-state index contributed by atoms with van der Waals surface area (Å²) in [4.78, 5) is 25.1. The Labute approximate surface area is 114 Å². The molecule has 104 valence electrons. The Morgan fingerprint density at radius 1 is 1.68 bits per heavy atom. The molecule has 0 aromatic rings. The third kappa shape index (κ3) is 2.29. The number of hydrogen-bond acceptors (Lipinski definition) is 5. The van der Waals surface area contributed by atoms with Crippen molar-refractivity contribution in [1.29, 1.82) is 0 Å². The summed E-state index contributed by atoms with van der Waals surface area (Å²) < 4.78 is 0. The SMILES string of the molecule is C[C@H](O)[C@@H]1C(=O)N2C(C(=O)O)=C(S/C=C\CN)C[C@H]12. The van der Waals surface area contributed by atoms with Gasteiger partial charge in [0, 0.05) is 17.9 Å². The molecule has 1 saturated heterocycles. The molecule has 19 heavy (non-hydrogen) atoms. The third-order valence-corrected chi connectivity index (χ3v) is 4.31. The molecule has 0 saturated carbocycles. The molecule has 4 N–H and O–H groups in total. The molecular formula is C12H16N2O4S. The normalized spacial score (nSPS) is 27.7. The van der Waals surface area contributed by atoms with Gasteiger partial charge in [-0.15, -0.1) is 11.8 Å². The summed E-state index contributed by atoms with van der Waals surface area (Å²) in [7, 11) is 0. The maximum Gasteiger partial charge on any atom is 0.353 e. The van der Waals surface area contributed by atoms with Crippen molar-refractivity contribution < 1.29 is 19.8 Å². The van der Waals surface area contributed by atoms with Crippen molar-refractivity contribution in [2.75, 3.05) is 6.54 Å². The van der Waals surface area contributed by atoms with Gasteiger partial charge in [-0.05, 0) is 12.3 Å². The van der Waals surface area contributed by atoms with Gasteiger partial charge in [-0.2, -0.15) is 0 Å². The fourth-order valence-corrected chi connectivity index (χ4v) is 3.46. The topological polar surface area (TPSA) is 104 Å². The van der Waals surface area contributed by atoms with Gasteiger partial charge in [-0.25, -0.2) is 4.79 Å². The Balaban J connectivity index is 2.21. The minimum atomic E-state index is -1.11. The zero-order valence-corrected chi connectivity index (χ0v) is 11.3. The fourth-order valence-electron chi connectivity index (χ4n) is 2.52. The first-order valence-corrected chi connectivity index (χ1v) is 6.86. The van der Waals surface area contributed by atoms with E-state index in [0.29, 0.717) is 17.9 Å². The Hall–Kier alpha value is -1.31. The summed E-state index contributed by atoms with van der Waals surface area (Å²) in [6.45, 7) is 1.94. The monoisotopic (exact) mass is 284 g/mol. The zero-order valence-electron chi connectivity index (χ0n) is 10.4. The molecular weight excluding hydrogens is 268 g/mol. The van der Waals surface area contributed by atoms with Gasteiger partial charge in [-0.1, -0.05) is 6.08 Å². The molecule has 2 rings (SSSR count). The minimum absolute atomic E-state index is 0.0403. The zero-order chi connectivity index (χ0) is 14.2. The van der Waals surface area contributed by atoms with Crippen molar-refractivity contribution >= 4 is 23.6 Å². The van der Waals surface area contributed by atoms with Crippen LogP contribution in [-0.2, 0) is 9.59 Å². The van der Waals surface area contributed by atoms with Gasteiger partial charge in [-0.3, -0.25) is 4.79 Å². The van der Waals surface area contributed by atoms with Gasteiger partial charge in [0.25, 0.3) is 0 Å². The standard InChI is InChI=1S/C12H16N2O4S/c1-6(15)9-7-5-8(19-4-2-3-13)10(12(17)18)14(7)11(9)16/h2,4,6-7,9,15H,3,5,13H2,1H3,(H,17,18)/b4-2-/t6-,7+,9-/m0/s1. The number of amides is 1. The van der Waals surface area contributed by atoms with Crippen molar-refractivity contribution in [1.82, 2.24) is 4.90 Å². The lowest BCUT2D eigenvalue weighted by atomic mass is 9.83. The molecule has 0 bridgehead atoms. The lowest BCUT2D eigenvalue weighted by molar-refractivity contribution is -0.161. The van der Waals surface area contributed by atoms with E-state index in [1.807, 2.05) is 0 Å². The molecule has 2 aliphatic heterocycles. The van der Waals surface area contributed by atoms with Crippen molar-refractivity contribution in [2.45, 2.75) is 25.5 Å². The van der Waals surface area contributed by atoms with Crippen LogP contribution in [0.4, 0.5) is 0 Å². The van der Waals surface area contributed by atoms with Crippen molar-refractivity contribution in [3.8, 4) is 0 Å². The highest BCUT2D eigenvalue weighted by atomic mass is 32.2. The molecule has 0 spiro atoms. The van der Waals surface area contributed by atoms with Crippen LogP contribution in [0.2, 0.25) is 0 Å². The molecule has 0 unspecified atom stereocenters. The quantitative estimate of drug-likeness (QED) is 0.619. The number of nitrogens with zero attached hydrogens (tertiary/aromatic N) is 1. The molecule has 1 fully saturated rings. The largest absolute Gasteiger partial charge is 0.477 e. The summed E-state index contributed by atoms with van der Waals surface area (Å²) in [5, 5.41) is 20.5. The van der Waals surface area contributed by atoms with Crippen LogP contribution in [0.5, 0.6) is 0 Å². The Bertz CT molecular complexity index is 472. The number of hydrogen-bond donors (Lipinski definition) is 3. The first kappa shape index (κ1) is 14.1. The highest BCUT2D eigenvalue weighted by Gasteiger charge is 2.56. The lowest BCUT2D eigenvalue weighted by Gasteiger charge is -2.44. The molecule has 0 aromatic heterocycles. The van der Waals surface area contributed by atoms with Crippen LogP contribution in [0, 0.1) is 5.92 Å². The van der Waals surface area contributed by atoms with Gasteiger partial charge in [0.2, 0.25) is 5.91 Å². The van der Waals surface area contributed by atoms with Crippen LogP contribution in [0.25, 0.3) is 0 Å². The molecule has 3 atom stereocenters. The number of β-lactam (4-membered cyclic amide) rings is 1. The van der Waals surface area contributed by atoms with Crippen LogP contribution in [0.3, 0.4) is 0 Å². The summed E-state index contributed by atoms with van der Waals surface area (Å²) in [6, 6.07) is -0.229. The summed E-state index contributed by atoms with van der Waals surface area (Å²) >= 11 is 1.27. The summed E-state index contributed by atoms with van der Waals surface area (Å²) in [6.07, 6.45) is 1.44. The number of rotatable bonds is 5. The maximum absolute atomic E-state index is 11.9. The van der Waals surface area contributed by atoms with Gasteiger partial charge < -0.3 is 20.8 Å². The van der Waals surface area contributed by atoms with E-state index in [4.69, 9.17) is 5.73 Å². The van der Waals surface area contributed by atoms with E-state index in [2.05, 4.69) is 0 Å². The number of carboxylic acid groups (broad SMARTS) is 1. The minimum Gasteiger partial charge on any atom is -0.477 e. The van der Waals surface area contributed by atoms with Crippen LogP contribution < -0.4 is 5.73 Å². The number of nitrogens with two attached hydrogens (primary N) is 1. The third-order valence-electron chi connectivity index (χ3n) is 3.33. The van der Waals surface area contributed by atoms with Crippen molar-refractivity contribution in [3.05, 3.63) is 22.1 Å². The molecule has 0 aromatic carbocycles. The number of carbonyl (C=O) groups excluding carboxylic acids is 1. The highest BCUT2D eigenvalue weighted by molar-refractivity contribution is 8.05. The van der Waals surface area contributed by atoms with Gasteiger partial charge in [0.15, 0.2) is 0 Å². The molecule has 0 radical (unpaired) electrons. The second-order valence-corrected chi connectivity index (χ2v) is 5.55. The second kappa shape index (κ2) is 5.36. The molecule has 2 aliphatic rings. The number of carbonyl (C=O) groups is 2. The fraction of sp³-hybridized carbons (Fsp3) is 0.500. The van der Waals surface area contributed by atoms with Crippen molar-refractivity contribution in [3.63, 3.8) is 0 Å². The number of carboxylic acids is 1. The Morgan fingerprint density at radius 2 is 2.37 bits per heavy atom. The van der Waals surface area contributed by atoms with E-state index in [1.165, 1.54) is 16.7 Å². The summed E-state index contributed by atoms with van der Waals surface area (Å²) in [5.74, 6) is -1.91. The predicted octanol–water partition coefficient (Wildman–Crippen LogP) is 0.0997. The maximum atomic E-state index is 11.9. The lowest BCUT2D eigenvalue weighted by Crippen LogP contribution is -2.61. The average Bonchev–Trinajstić information content (AvgIpc) is 2.64. The highest BCUT2D eigenvalue weighted by Crippen LogP contribution is 2.47. The van der Waals surface area contributed by atoms with Gasteiger partial charge in [0.05, 0.1) is 18.1 Å². The van der Waals surface area contributed by atoms with Crippen LogP contribution >= 0.6 is 11.8 Å². The molecule has 1 amide bonds. The van der Waals surface area contributed by atoms with E-state index in [0.717, 1.165) is 0 Å². The van der Waals surface area contributed by atoms with Crippen LogP contribution in [0.1, 0.15) is 13.3 Å². The number of aliphatic hydroxyl groups is 1. The smallest absolute Gasteiger partial charge is 0.353 e. The van der Waals surface area contributed by atoms with E-state index in [-0.39, 0.29) is 17.6 Å². The van der Waals surface area contributed by atoms with Crippen LogP contribution in [-0.4, -0.2) is 45.7 Å². The second-order valence-electron chi connectivity index (χ2n) is 4.55. The number of aliphatic hydroxyl groups excluding tert-OH is 1. The Morgan fingerprint density at radius 3 is 2.89 bits per heavy atom. The van der Waals surface area contributed by atoms with E-state index >= 15 is 0 Å². The number of aliphatic carboxylic acids is 1. The number of thioether (sulfide) groups is 1. The Kier molecular flexibility index (Phi) is 3.98.